The second-order valence-electron chi connectivity index (χ2n) is 4.09. The second kappa shape index (κ2) is 7.74. The average Bonchev–Trinajstić information content (AvgIpc) is 2.81. The monoisotopic (exact) mass is 283 g/mol. The Morgan fingerprint density at radius 3 is 3.00 bits per heavy atom. The summed E-state index contributed by atoms with van der Waals surface area (Å²) in [5.41, 5.74) is 1.39. The minimum absolute atomic E-state index is 0.578. The summed E-state index contributed by atoms with van der Waals surface area (Å²) >= 11 is 7.33. The molecular formula is C14H18ClNOS. The van der Waals surface area contributed by atoms with E-state index in [2.05, 4.69) is 35.0 Å². The summed E-state index contributed by atoms with van der Waals surface area (Å²) in [5.74, 6) is 0.578. The zero-order valence-electron chi connectivity index (χ0n) is 10.3. The molecule has 0 spiro atoms. The summed E-state index contributed by atoms with van der Waals surface area (Å²) in [7, 11) is 0. The summed E-state index contributed by atoms with van der Waals surface area (Å²) in [6.07, 6.45) is 1.03. The van der Waals surface area contributed by atoms with Crippen LogP contribution < -0.4 is 5.32 Å². The van der Waals surface area contributed by atoms with Crippen molar-refractivity contribution in [3.8, 4) is 0 Å². The van der Waals surface area contributed by atoms with Crippen LogP contribution in [-0.2, 0) is 11.3 Å². The van der Waals surface area contributed by atoms with Gasteiger partial charge in [-0.1, -0.05) is 18.2 Å². The third-order valence-corrected chi connectivity index (χ3v) is 3.91. The number of alkyl halides is 1. The Hall–Kier alpha value is -0.610. The molecule has 0 bridgehead atoms. The van der Waals surface area contributed by atoms with Crippen LogP contribution in [0.3, 0.4) is 0 Å². The van der Waals surface area contributed by atoms with Gasteiger partial charge in [0.1, 0.15) is 0 Å². The van der Waals surface area contributed by atoms with Crippen molar-refractivity contribution in [1.82, 2.24) is 5.32 Å². The van der Waals surface area contributed by atoms with E-state index >= 15 is 0 Å². The number of hydrogen-bond donors (Lipinski definition) is 1. The highest BCUT2D eigenvalue weighted by Gasteiger charge is 2.02. The third kappa shape index (κ3) is 3.95. The molecule has 0 aliphatic rings. The van der Waals surface area contributed by atoms with E-state index in [1.165, 1.54) is 15.6 Å². The Bertz CT molecular complexity index is 472. The maximum atomic E-state index is 5.53. The molecule has 0 amide bonds. The number of rotatable bonds is 8. The quantitative estimate of drug-likeness (QED) is 0.590. The van der Waals surface area contributed by atoms with E-state index in [0.717, 1.165) is 26.1 Å². The fourth-order valence-corrected chi connectivity index (χ4v) is 2.92. The lowest BCUT2D eigenvalue weighted by molar-refractivity contribution is 0.146. The average molecular weight is 284 g/mol. The van der Waals surface area contributed by atoms with Gasteiger partial charge in [-0.2, -0.15) is 0 Å². The second-order valence-corrected chi connectivity index (χ2v) is 5.38. The van der Waals surface area contributed by atoms with E-state index in [1.54, 1.807) is 0 Å². The van der Waals surface area contributed by atoms with Gasteiger partial charge in [-0.25, -0.2) is 0 Å². The molecule has 18 heavy (non-hydrogen) atoms. The zero-order chi connectivity index (χ0) is 12.6. The number of thiophene rings is 1. The molecule has 2 rings (SSSR count). The molecule has 1 aromatic heterocycles. The van der Waals surface area contributed by atoms with Crippen LogP contribution in [0.15, 0.2) is 29.6 Å². The van der Waals surface area contributed by atoms with Gasteiger partial charge in [0, 0.05) is 23.7 Å². The summed E-state index contributed by atoms with van der Waals surface area (Å²) < 4.78 is 6.68. The smallest absolute Gasteiger partial charge is 0.0601 e. The predicted octanol–water partition coefficient (Wildman–Crippen LogP) is 3.64. The molecule has 1 heterocycles. The standard InChI is InChI=1S/C14H18ClNOS/c15-6-9-17-8-3-7-16-10-12-11-18-14-5-2-1-4-13(12)14/h1-2,4-5,11,16H,3,6-10H2. The summed E-state index contributed by atoms with van der Waals surface area (Å²) in [5, 5.41) is 7.06. The fraction of sp³-hybridized carbons (Fsp3) is 0.429. The van der Waals surface area contributed by atoms with Crippen LogP contribution in [0.2, 0.25) is 0 Å². The summed E-state index contributed by atoms with van der Waals surface area (Å²) in [6, 6.07) is 8.54. The Morgan fingerprint density at radius 2 is 2.11 bits per heavy atom. The van der Waals surface area contributed by atoms with Crippen LogP contribution in [0.4, 0.5) is 0 Å². The molecule has 0 saturated heterocycles. The number of benzene rings is 1. The normalized spacial score (nSPS) is 11.2. The van der Waals surface area contributed by atoms with E-state index in [1.807, 2.05) is 11.3 Å². The van der Waals surface area contributed by atoms with Crippen molar-refractivity contribution in [3.05, 3.63) is 35.2 Å². The van der Waals surface area contributed by atoms with Crippen LogP contribution in [0.25, 0.3) is 10.1 Å². The lowest BCUT2D eigenvalue weighted by Crippen LogP contribution is -2.16. The molecule has 0 saturated carbocycles. The van der Waals surface area contributed by atoms with Gasteiger partial charge >= 0.3 is 0 Å². The molecular weight excluding hydrogens is 266 g/mol. The number of hydrogen-bond acceptors (Lipinski definition) is 3. The maximum Gasteiger partial charge on any atom is 0.0601 e. The largest absolute Gasteiger partial charge is 0.380 e. The summed E-state index contributed by atoms with van der Waals surface area (Å²) in [6.45, 7) is 3.34. The van der Waals surface area contributed by atoms with Gasteiger partial charge in [0.05, 0.1) is 6.61 Å². The van der Waals surface area contributed by atoms with Crippen molar-refractivity contribution >= 4 is 33.0 Å². The first-order valence-corrected chi connectivity index (χ1v) is 7.63. The van der Waals surface area contributed by atoms with Crippen LogP contribution in [-0.4, -0.2) is 25.6 Å². The lowest BCUT2D eigenvalue weighted by atomic mass is 10.2. The van der Waals surface area contributed by atoms with Crippen molar-refractivity contribution in [2.24, 2.45) is 0 Å². The third-order valence-electron chi connectivity index (χ3n) is 2.74. The first-order chi connectivity index (χ1) is 8.92. The van der Waals surface area contributed by atoms with Gasteiger partial charge in [0.2, 0.25) is 0 Å². The Balaban J connectivity index is 1.70. The molecule has 2 aromatic rings. The van der Waals surface area contributed by atoms with E-state index in [9.17, 15) is 0 Å². The molecule has 98 valence electrons. The van der Waals surface area contributed by atoms with Crippen LogP contribution in [0, 0.1) is 0 Å². The number of halogens is 1. The molecule has 4 heteroatoms. The Labute approximate surface area is 117 Å². The van der Waals surface area contributed by atoms with Gasteiger partial charge in [-0.05, 0) is 35.4 Å². The number of fused-ring (bicyclic) bond motifs is 1. The molecule has 2 nitrogen and oxygen atoms in total. The zero-order valence-corrected chi connectivity index (χ0v) is 11.9. The Kier molecular flexibility index (Phi) is 5.94. The van der Waals surface area contributed by atoms with Crippen molar-refractivity contribution in [1.29, 1.82) is 0 Å². The van der Waals surface area contributed by atoms with E-state index in [-0.39, 0.29) is 0 Å². The molecule has 1 aromatic carbocycles. The van der Waals surface area contributed by atoms with Gasteiger partial charge < -0.3 is 10.1 Å². The molecule has 0 aliphatic carbocycles. The first kappa shape index (κ1) is 13.8. The highest BCUT2D eigenvalue weighted by molar-refractivity contribution is 7.17. The van der Waals surface area contributed by atoms with Crippen LogP contribution in [0.5, 0.6) is 0 Å². The minimum atomic E-state index is 0.578. The van der Waals surface area contributed by atoms with E-state index in [4.69, 9.17) is 16.3 Å². The lowest BCUT2D eigenvalue weighted by Gasteiger charge is -2.04. The van der Waals surface area contributed by atoms with Crippen molar-refractivity contribution in [2.75, 3.05) is 25.6 Å². The highest BCUT2D eigenvalue weighted by atomic mass is 35.5. The molecule has 0 fully saturated rings. The van der Waals surface area contributed by atoms with Gasteiger partial charge in [-0.3, -0.25) is 0 Å². The molecule has 1 N–H and O–H groups in total. The number of nitrogens with one attached hydrogen (secondary N) is 1. The maximum absolute atomic E-state index is 5.53. The molecule has 0 atom stereocenters. The SMILES string of the molecule is ClCCOCCCNCc1csc2ccccc12. The predicted molar refractivity (Wildman–Crippen MR) is 79.7 cm³/mol. The van der Waals surface area contributed by atoms with E-state index in [0.29, 0.717) is 12.5 Å². The van der Waals surface area contributed by atoms with Crippen molar-refractivity contribution in [3.63, 3.8) is 0 Å². The number of ether oxygens (including phenoxy) is 1. The van der Waals surface area contributed by atoms with Crippen molar-refractivity contribution < 1.29 is 4.74 Å². The first-order valence-electron chi connectivity index (χ1n) is 6.21. The van der Waals surface area contributed by atoms with Gasteiger partial charge in [0.15, 0.2) is 0 Å². The molecule has 0 radical (unpaired) electrons. The van der Waals surface area contributed by atoms with Crippen LogP contribution in [0.1, 0.15) is 12.0 Å². The molecule has 0 unspecified atom stereocenters. The molecule has 0 aliphatic heterocycles. The minimum Gasteiger partial charge on any atom is -0.380 e. The highest BCUT2D eigenvalue weighted by Crippen LogP contribution is 2.25. The van der Waals surface area contributed by atoms with Crippen molar-refractivity contribution in [2.45, 2.75) is 13.0 Å². The topological polar surface area (TPSA) is 21.3 Å². The van der Waals surface area contributed by atoms with E-state index < -0.39 is 0 Å². The summed E-state index contributed by atoms with van der Waals surface area (Å²) in [4.78, 5) is 0. The van der Waals surface area contributed by atoms with Crippen LogP contribution >= 0.6 is 22.9 Å². The fourth-order valence-electron chi connectivity index (χ4n) is 1.85. The Morgan fingerprint density at radius 1 is 1.22 bits per heavy atom. The van der Waals surface area contributed by atoms with Gasteiger partial charge in [-0.15, -0.1) is 22.9 Å². The van der Waals surface area contributed by atoms with Gasteiger partial charge in [0.25, 0.3) is 0 Å².